The molecule has 450 valence electrons. The summed E-state index contributed by atoms with van der Waals surface area (Å²) in [6, 6.07) is 4.23. The molecule has 80 heavy (non-hydrogen) atoms. The van der Waals surface area contributed by atoms with Crippen LogP contribution in [0.2, 0.25) is 0 Å². The molecule has 6 heterocycles. The van der Waals surface area contributed by atoms with E-state index in [1.54, 1.807) is 34.4 Å². The third kappa shape index (κ3) is 22.9. The van der Waals surface area contributed by atoms with Crippen molar-refractivity contribution in [1.29, 1.82) is 0 Å². The van der Waals surface area contributed by atoms with E-state index >= 15 is 9.59 Å². The number of unbranched alkanes of at least 4 members (excludes halogenated alkanes) is 32. The van der Waals surface area contributed by atoms with E-state index in [1.165, 1.54) is 236 Å². The summed E-state index contributed by atoms with van der Waals surface area (Å²) in [6.07, 6.45) is 57.1. The highest BCUT2D eigenvalue weighted by Crippen LogP contribution is 2.51. The topological polar surface area (TPSA) is 65.9 Å². The van der Waals surface area contributed by atoms with Crippen LogP contribution in [0, 0.1) is 11.8 Å². The quantitative estimate of drug-likeness (QED) is 0.0488. The number of fused-ring (bicyclic) bond motifs is 1. The Morgan fingerprint density at radius 2 is 0.950 bits per heavy atom. The second kappa shape index (κ2) is 40.2. The Morgan fingerprint density at radius 1 is 0.525 bits per heavy atom. The lowest BCUT2D eigenvalue weighted by Gasteiger charge is -2.31. The summed E-state index contributed by atoms with van der Waals surface area (Å²) >= 11 is 14.6. The van der Waals surface area contributed by atoms with E-state index in [-0.39, 0.29) is 17.1 Å². The van der Waals surface area contributed by atoms with Gasteiger partial charge in [0.15, 0.2) is 0 Å². The summed E-state index contributed by atoms with van der Waals surface area (Å²) in [7, 11) is 0. The molecule has 4 aliphatic rings. The van der Waals surface area contributed by atoms with Crippen molar-refractivity contribution in [1.82, 2.24) is 14.8 Å². The maximum absolute atomic E-state index is 16.0. The Hall–Kier alpha value is -1.18. The van der Waals surface area contributed by atoms with Gasteiger partial charge < -0.3 is 9.80 Å². The van der Waals surface area contributed by atoms with Gasteiger partial charge in [-0.3, -0.25) is 14.6 Å². The number of aliphatic imine (C=N–C) groups is 1. The first-order valence-corrected chi connectivity index (χ1v) is 38.4. The van der Waals surface area contributed by atoms with E-state index in [0.29, 0.717) is 46.8 Å². The molecular formula is C68H108Br2N4O2S4. The fraction of sp³-hybridized carbons (Fsp3) is 0.765. The number of amides is 2. The van der Waals surface area contributed by atoms with Gasteiger partial charge in [0, 0.05) is 24.2 Å². The average molecular weight is 1300 g/mol. The van der Waals surface area contributed by atoms with Crippen LogP contribution >= 0.6 is 78.1 Å². The van der Waals surface area contributed by atoms with Gasteiger partial charge in [-0.2, -0.15) is 0 Å². The van der Waals surface area contributed by atoms with Crippen LogP contribution in [0.3, 0.4) is 0 Å². The number of nitrogens with zero attached hydrogens (tertiary/aromatic N) is 4. The summed E-state index contributed by atoms with van der Waals surface area (Å²) in [5.41, 5.74) is 3.09. The minimum absolute atomic E-state index is 0.0389. The van der Waals surface area contributed by atoms with Gasteiger partial charge in [0.05, 0.1) is 52.0 Å². The monoisotopic (exact) mass is 1300 g/mol. The number of thioether (sulfide) groups is 2. The lowest BCUT2D eigenvalue weighted by atomic mass is 9.93. The minimum Gasteiger partial charge on any atom is -0.310 e. The Kier molecular flexibility index (Phi) is 34.2. The number of thiazole rings is 1. The van der Waals surface area contributed by atoms with Crippen molar-refractivity contribution < 1.29 is 9.59 Å². The number of thiophene rings is 1. The van der Waals surface area contributed by atoms with Crippen molar-refractivity contribution in [3.63, 3.8) is 0 Å². The van der Waals surface area contributed by atoms with Gasteiger partial charge in [0.2, 0.25) is 0 Å². The molecule has 4 aliphatic heterocycles. The van der Waals surface area contributed by atoms with Crippen LogP contribution in [-0.4, -0.2) is 60.7 Å². The fourth-order valence-electron chi connectivity index (χ4n) is 12.7. The van der Waals surface area contributed by atoms with Gasteiger partial charge in [0.25, 0.3) is 11.8 Å². The fourth-order valence-corrected chi connectivity index (χ4v) is 18.1. The van der Waals surface area contributed by atoms with Gasteiger partial charge in [0.1, 0.15) is 10.1 Å². The molecule has 0 aromatic carbocycles. The maximum Gasteiger partial charge on any atom is 0.261 e. The summed E-state index contributed by atoms with van der Waals surface area (Å²) in [5.74, 6) is 0.833. The first-order valence-electron chi connectivity index (χ1n) is 33.3. The van der Waals surface area contributed by atoms with Crippen LogP contribution in [0.25, 0.3) is 15.6 Å². The van der Waals surface area contributed by atoms with Crippen LogP contribution in [0.5, 0.6) is 0 Å². The van der Waals surface area contributed by atoms with Crippen LogP contribution in [0.1, 0.15) is 296 Å². The Balaban J connectivity index is 1.29. The Bertz CT molecular complexity index is 2220. The van der Waals surface area contributed by atoms with E-state index in [0.717, 1.165) is 67.1 Å². The van der Waals surface area contributed by atoms with Gasteiger partial charge >= 0.3 is 0 Å². The smallest absolute Gasteiger partial charge is 0.261 e. The number of alkyl halides is 1. The standard InChI is InChI=1S/C68H108Br2N4O2S4/c1-5-9-13-17-21-25-27-31-35-39-43-53(41-37-33-29-23-19-15-11-7-3)51-73-63(57-49-71-65(79-57)55-45-47-59(69)77-55)61-62(67(73)75)64(58-50-72-66(80-58)56-46-48-60(70)78-56)74(68(61)76)52-54(42-38-34-30-24-20-16-12-8-4)44-40-36-32-28-26-22-18-14-10-6-2/h45-47,49,53-54,58,60H,5-44,48,50-52H2,1-4H3. The van der Waals surface area contributed by atoms with Crippen LogP contribution in [-0.2, 0) is 9.59 Å². The molecule has 0 N–H and O–H groups in total. The van der Waals surface area contributed by atoms with Gasteiger partial charge in [-0.05, 0) is 72.0 Å². The Morgan fingerprint density at radius 3 is 1.36 bits per heavy atom. The zero-order chi connectivity index (χ0) is 56.6. The normalized spacial score (nSPS) is 18.2. The molecule has 12 heteroatoms. The first-order chi connectivity index (χ1) is 39.3. The van der Waals surface area contributed by atoms with Gasteiger partial charge in [-0.15, -0.1) is 34.4 Å². The van der Waals surface area contributed by atoms with Crippen LogP contribution in [0.15, 0.2) is 54.9 Å². The van der Waals surface area contributed by atoms with E-state index in [1.807, 2.05) is 18.0 Å². The minimum atomic E-state index is -0.0937. The molecule has 0 spiro atoms. The molecule has 4 unspecified atom stereocenters. The zero-order valence-corrected chi connectivity index (χ0v) is 57.2. The predicted octanol–water partition coefficient (Wildman–Crippen LogP) is 23.5. The first kappa shape index (κ1) is 67.9. The molecule has 2 aromatic heterocycles. The molecule has 2 amide bonds. The molecule has 6 nitrogen and oxygen atoms in total. The highest BCUT2D eigenvalue weighted by atomic mass is 79.9. The third-order valence-corrected chi connectivity index (χ3v) is 23.6. The number of carbonyl (C=O) groups excluding carboxylic acids is 2. The Labute approximate surface area is 522 Å². The van der Waals surface area contributed by atoms with Crippen molar-refractivity contribution in [2.24, 2.45) is 16.8 Å². The number of hydrogen-bond donors (Lipinski definition) is 0. The number of halogens is 2. The molecule has 6 rings (SSSR count). The number of hydrogen-bond acceptors (Lipinski definition) is 8. The number of aromatic nitrogens is 1. The second-order valence-corrected chi connectivity index (χ2v) is 31.9. The number of allylic oxidation sites excluding steroid dienone is 1. The molecule has 0 saturated carbocycles. The average Bonchev–Trinajstić information content (AvgIpc) is 4.38. The molecule has 0 saturated heterocycles. The van der Waals surface area contributed by atoms with Crippen LogP contribution < -0.4 is 0 Å². The summed E-state index contributed by atoms with van der Waals surface area (Å²) in [6.45, 7) is 11.1. The zero-order valence-electron chi connectivity index (χ0n) is 50.7. The van der Waals surface area contributed by atoms with E-state index < -0.39 is 0 Å². The maximum atomic E-state index is 16.0. The van der Waals surface area contributed by atoms with Crippen molar-refractivity contribution >= 4 is 101 Å². The lowest BCUT2D eigenvalue weighted by molar-refractivity contribution is -0.125. The molecule has 4 atom stereocenters. The molecular weight excluding hydrogens is 1190 g/mol. The largest absolute Gasteiger partial charge is 0.310 e. The van der Waals surface area contributed by atoms with Crippen LogP contribution in [0.4, 0.5) is 0 Å². The van der Waals surface area contributed by atoms with Crippen molar-refractivity contribution in [2.75, 3.05) is 19.6 Å². The third-order valence-electron chi connectivity index (χ3n) is 17.4. The summed E-state index contributed by atoms with van der Waals surface area (Å²) < 4.78 is 1.43. The summed E-state index contributed by atoms with van der Waals surface area (Å²) in [5, 5.41) is 1.92. The molecule has 0 aliphatic carbocycles. The van der Waals surface area contributed by atoms with Crippen molar-refractivity contribution in [3.8, 4) is 9.88 Å². The van der Waals surface area contributed by atoms with Crippen molar-refractivity contribution in [2.45, 2.75) is 300 Å². The van der Waals surface area contributed by atoms with Gasteiger partial charge in [-0.25, -0.2) is 4.98 Å². The lowest BCUT2D eigenvalue weighted by Crippen LogP contribution is -2.38. The highest BCUT2D eigenvalue weighted by molar-refractivity contribution is 9.11. The predicted molar refractivity (Wildman–Crippen MR) is 362 cm³/mol. The van der Waals surface area contributed by atoms with E-state index in [4.69, 9.17) is 9.98 Å². The van der Waals surface area contributed by atoms with Crippen molar-refractivity contribution in [3.05, 3.63) is 54.8 Å². The second-order valence-electron chi connectivity index (χ2n) is 24.2. The summed E-state index contributed by atoms with van der Waals surface area (Å²) in [4.78, 5) is 49.9. The number of carbonyl (C=O) groups is 2. The van der Waals surface area contributed by atoms with E-state index in [9.17, 15) is 0 Å². The number of rotatable bonds is 48. The molecule has 0 bridgehead atoms. The molecule has 0 fully saturated rings. The SMILES string of the molecule is CCCCCCCCCCCCC(CCCCCCCCCC)CN1C(=O)C2=C(C3CN=C(C4=CCC(Br)S4)S3)N(CC(CCCCCCCCCC)CCCCCCCCCCCC)C(=O)C2=C1c1cnc(-c2ccc(Br)s2)s1. The molecule has 0 radical (unpaired) electrons. The van der Waals surface area contributed by atoms with E-state index in [2.05, 4.69) is 87.6 Å². The van der Waals surface area contributed by atoms with Gasteiger partial charge in [-0.1, -0.05) is 293 Å². The molecule has 2 aromatic rings. The highest BCUT2D eigenvalue weighted by Gasteiger charge is 2.52.